The smallest absolute Gasteiger partial charge is 0.142 e. The van der Waals surface area contributed by atoms with Gasteiger partial charge in [-0.2, -0.15) is 0 Å². The van der Waals surface area contributed by atoms with Crippen LogP contribution >= 0.6 is 0 Å². The lowest BCUT2D eigenvalue weighted by Crippen LogP contribution is -2.38. The average molecular weight is 239 g/mol. The fourth-order valence-electron chi connectivity index (χ4n) is 1.41. The quantitative estimate of drug-likeness (QED) is 0.391. The Labute approximate surface area is 103 Å². The Morgan fingerprint density at radius 2 is 1.88 bits per heavy atom. The molecule has 0 saturated carbocycles. The van der Waals surface area contributed by atoms with Crippen LogP contribution in [0, 0.1) is 0 Å². The third-order valence-corrected chi connectivity index (χ3v) is 2.48. The topological polar surface area (TPSA) is 87.3 Å². The van der Waals surface area contributed by atoms with Crippen molar-refractivity contribution < 1.29 is 9.22 Å². The molecule has 0 saturated heterocycles. The summed E-state index contributed by atoms with van der Waals surface area (Å²) in [6.07, 6.45) is -0.572. The average Bonchev–Trinajstić information content (AvgIpc) is 2.18. The molecule has 1 rings (SSSR count). The molecule has 17 heavy (non-hydrogen) atoms. The van der Waals surface area contributed by atoms with Gasteiger partial charge in [0.2, 0.25) is 0 Å². The maximum absolute atomic E-state index is 5.94. The highest BCUT2D eigenvalue weighted by atomic mass is 16.5. The van der Waals surface area contributed by atoms with E-state index in [0.717, 1.165) is 11.0 Å². The van der Waals surface area contributed by atoms with Crippen LogP contribution in [0.3, 0.4) is 0 Å². The first-order valence-corrected chi connectivity index (χ1v) is 5.64. The lowest BCUT2D eigenvalue weighted by Gasteiger charge is -2.24. The number of hydrogen-bond acceptors (Lipinski definition) is 4. The van der Waals surface area contributed by atoms with Crippen LogP contribution in [-0.2, 0) is 0 Å². The van der Waals surface area contributed by atoms with Gasteiger partial charge in [-0.15, -0.1) is 0 Å². The first-order valence-electron chi connectivity index (χ1n) is 5.64. The van der Waals surface area contributed by atoms with Gasteiger partial charge in [-0.3, -0.25) is 0 Å². The van der Waals surface area contributed by atoms with Crippen molar-refractivity contribution >= 4 is 5.69 Å². The predicted molar refractivity (Wildman–Crippen MR) is 70.4 cm³/mol. The third kappa shape index (κ3) is 4.22. The second-order valence-electron chi connectivity index (χ2n) is 5.15. The zero-order chi connectivity index (χ0) is 13.1. The summed E-state index contributed by atoms with van der Waals surface area (Å²) < 4.78 is 6.50. The van der Waals surface area contributed by atoms with Crippen LogP contribution in [0.15, 0.2) is 18.2 Å². The summed E-state index contributed by atoms with van der Waals surface area (Å²) >= 11 is 0. The van der Waals surface area contributed by atoms with E-state index in [0.29, 0.717) is 23.6 Å². The summed E-state index contributed by atoms with van der Waals surface area (Å²) in [5, 5.41) is 0. The number of ether oxygens (including phenoxy) is 1. The van der Waals surface area contributed by atoms with Gasteiger partial charge >= 0.3 is 0 Å². The number of quaternary nitrogens is 1. The molecule has 1 aromatic carbocycles. The van der Waals surface area contributed by atoms with Crippen molar-refractivity contribution in [2.24, 2.45) is 11.5 Å². The monoisotopic (exact) mass is 239 g/mol. The van der Waals surface area contributed by atoms with E-state index >= 15 is 0 Å². The van der Waals surface area contributed by atoms with Gasteiger partial charge in [0.05, 0.1) is 33.0 Å². The minimum Gasteiger partial charge on any atom is -0.486 e. The Bertz CT molecular complexity index is 371. The van der Waals surface area contributed by atoms with Gasteiger partial charge in [0, 0.05) is 5.56 Å². The van der Waals surface area contributed by atoms with Crippen LogP contribution in [0.1, 0.15) is 11.7 Å². The van der Waals surface area contributed by atoms with E-state index in [1.54, 1.807) is 0 Å². The Morgan fingerprint density at radius 1 is 1.24 bits per heavy atom. The van der Waals surface area contributed by atoms with Crippen molar-refractivity contribution in [1.82, 2.24) is 0 Å². The molecule has 0 aliphatic carbocycles. The molecule has 96 valence electrons. The molecule has 0 aromatic heterocycles. The van der Waals surface area contributed by atoms with Crippen molar-refractivity contribution in [2.45, 2.75) is 6.17 Å². The number of hydrogen-bond donors (Lipinski definition) is 3. The molecule has 0 amide bonds. The Kier molecular flexibility index (Phi) is 4.34. The highest BCUT2D eigenvalue weighted by Crippen LogP contribution is 2.27. The summed E-state index contributed by atoms with van der Waals surface area (Å²) in [4.78, 5) is 0. The molecular weight excluding hydrogens is 216 g/mol. The fourth-order valence-corrected chi connectivity index (χ4v) is 1.41. The molecule has 0 atom stereocenters. The molecule has 0 fully saturated rings. The van der Waals surface area contributed by atoms with Gasteiger partial charge in [-0.25, -0.2) is 0 Å². The lowest BCUT2D eigenvalue weighted by atomic mass is 10.1. The molecule has 0 spiro atoms. The number of nitrogens with two attached hydrogens (primary N) is 3. The number of nitrogens with zero attached hydrogens (tertiary/aromatic N) is 1. The minimum atomic E-state index is -0.572. The number of para-hydroxylation sites is 1. The van der Waals surface area contributed by atoms with Gasteiger partial charge in [0.15, 0.2) is 0 Å². The zero-order valence-corrected chi connectivity index (χ0v) is 10.8. The van der Waals surface area contributed by atoms with Crippen LogP contribution in [0.2, 0.25) is 0 Å². The molecule has 5 heteroatoms. The van der Waals surface area contributed by atoms with Crippen molar-refractivity contribution in [3.8, 4) is 5.75 Å². The Balaban J connectivity index is 2.69. The summed E-state index contributed by atoms with van der Waals surface area (Å²) in [6, 6.07) is 5.49. The van der Waals surface area contributed by atoms with E-state index in [2.05, 4.69) is 21.1 Å². The summed E-state index contributed by atoms with van der Waals surface area (Å²) in [7, 11) is 6.33. The number of benzene rings is 1. The van der Waals surface area contributed by atoms with Gasteiger partial charge in [-0.05, 0) is 6.07 Å². The van der Waals surface area contributed by atoms with Crippen LogP contribution in [0.25, 0.3) is 0 Å². The van der Waals surface area contributed by atoms with Gasteiger partial charge in [0.25, 0.3) is 0 Å². The second-order valence-corrected chi connectivity index (χ2v) is 5.15. The van der Waals surface area contributed by atoms with Crippen LogP contribution < -0.4 is 21.9 Å². The fraction of sp³-hybridized carbons (Fsp3) is 0.500. The van der Waals surface area contributed by atoms with E-state index < -0.39 is 6.17 Å². The van der Waals surface area contributed by atoms with Crippen molar-refractivity contribution in [2.75, 3.05) is 40.0 Å². The van der Waals surface area contributed by atoms with E-state index in [4.69, 9.17) is 21.9 Å². The van der Waals surface area contributed by atoms with E-state index in [-0.39, 0.29) is 0 Å². The minimum absolute atomic E-state index is 0.531. The number of rotatable bonds is 5. The molecule has 6 N–H and O–H groups in total. The highest BCUT2D eigenvalue weighted by Gasteiger charge is 2.11. The van der Waals surface area contributed by atoms with Crippen molar-refractivity contribution in [3.63, 3.8) is 0 Å². The van der Waals surface area contributed by atoms with Crippen molar-refractivity contribution in [3.05, 3.63) is 23.8 Å². The zero-order valence-electron chi connectivity index (χ0n) is 10.8. The number of anilines is 1. The predicted octanol–water partition coefficient (Wildman–Crippen LogP) is 0.270. The van der Waals surface area contributed by atoms with Gasteiger partial charge in [-0.1, -0.05) is 12.1 Å². The Hall–Kier alpha value is -1.30. The summed E-state index contributed by atoms with van der Waals surface area (Å²) in [5.41, 5.74) is 18.4. The Morgan fingerprint density at radius 3 is 2.41 bits per heavy atom. The molecule has 0 radical (unpaired) electrons. The van der Waals surface area contributed by atoms with Crippen molar-refractivity contribution in [1.29, 1.82) is 0 Å². The molecule has 0 unspecified atom stereocenters. The first-order chi connectivity index (χ1) is 7.81. The summed E-state index contributed by atoms with van der Waals surface area (Å²) in [5.74, 6) is 0.650. The molecular formula is C12H23N4O+. The van der Waals surface area contributed by atoms with Crippen LogP contribution in [0.4, 0.5) is 5.69 Å². The highest BCUT2D eigenvalue weighted by molar-refractivity contribution is 5.59. The molecule has 0 heterocycles. The van der Waals surface area contributed by atoms with Crippen LogP contribution in [-0.4, -0.2) is 38.8 Å². The molecule has 5 nitrogen and oxygen atoms in total. The number of nitrogen functional groups attached to an aromatic ring is 1. The third-order valence-electron chi connectivity index (χ3n) is 2.48. The second kappa shape index (κ2) is 5.35. The molecule has 0 aliphatic rings. The van der Waals surface area contributed by atoms with E-state index in [1.165, 1.54) is 0 Å². The molecule has 1 aromatic rings. The lowest BCUT2D eigenvalue weighted by molar-refractivity contribution is -0.870. The maximum atomic E-state index is 5.94. The van der Waals surface area contributed by atoms with Gasteiger partial charge in [0.1, 0.15) is 18.9 Å². The largest absolute Gasteiger partial charge is 0.486 e. The maximum Gasteiger partial charge on any atom is 0.142 e. The van der Waals surface area contributed by atoms with E-state index in [1.807, 2.05) is 18.2 Å². The summed E-state index contributed by atoms with van der Waals surface area (Å²) in [6.45, 7) is 1.51. The first kappa shape index (κ1) is 13.8. The van der Waals surface area contributed by atoms with Gasteiger partial charge < -0.3 is 26.4 Å². The normalized spacial score (nSPS) is 11.9. The molecule has 0 bridgehead atoms. The standard InChI is InChI=1S/C12H23N4O/c1-16(2,3)7-8-17-10-6-4-5-9(11(10)13)12(14)15/h4-6,12H,7-8,13-15H2,1-3H3/q+1. The number of likely N-dealkylation sites (N-methyl/N-ethyl adjacent to an activating group) is 1. The molecule has 0 aliphatic heterocycles. The van der Waals surface area contributed by atoms with Crippen LogP contribution in [0.5, 0.6) is 5.75 Å². The van der Waals surface area contributed by atoms with E-state index in [9.17, 15) is 0 Å². The SMILES string of the molecule is C[N+](C)(C)CCOc1cccc(C(N)N)c1N.